The van der Waals surface area contributed by atoms with Gasteiger partial charge in [0.25, 0.3) is 0 Å². The number of aliphatic imine (C=N–C) groups is 1. The molecule has 0 bridgehead atoms. The fraction of sp³-hybridized carbons (Fsp3) is 0.632. The first-order valence-corrected chi connectivity index (χ1v) is 13.4. The Labute approximate surface area is 174 Å². The van der Waals surface area contributed by atoms with Gasteiger partial charge >= 0.3 is 0 Å². The highest BCUT2D eigenvalue weighted by Crippen LogP contribution is 2.21. The first-order chi connectivity index (χ1) is 13.6. The summed E-state index contributed by atoms with van der Waals surface area (Å²) in [5.74, 6) is 0.643. The highest BCUT2D eigenvalue weighted by molar-refractivity contribution is 7.90. The lowest BCUT2D eigenvalue weighted by Gasteiger charge is -2.26. The maximum absolute atomic E-state index is 12.9. The topological polar surface area (TPSA) is 108 Å². The van der Waals surface area contributed by atoms with E-state index in [1.807, 2.05) is 13.0 Å². The van der Waals surface area contributed by atoms with E-state index < -0.39 is 19.9 Å². The summed E-state index contributed by atoms with van der Waals surface area (Å²) in [7, 11) is -4.84. The van der Waals surface area contributed by atoms with Crippen LogP contribution in [0.5, 0.6) is 0 Å². The molecule has 164 valence electrons. The molecule has 1 saturated heterocycles. The van der Waals surface area contributed by atoms with E-state index in [0.29, 0.717) is 36.9 Å². The lowest BCUT2D eigenvalue weighted by atomic mass is 10.2. The molecule has 0 amide bonds. The van der Waals surface area contributed by atoms with Gasteiger partial charge in [-0.3, -0.25) is 4.99 Å². The zero-order valence-corrected chi connectivity index (χ0v) is 19.0. The second-order valence-corrected chi connectivity index (χ2v) is 11.7. The molecule has 1 fully saturated rings. The van der Waals surface area contributed by atoms with Crippen LogP contribution >= 0.6 is 0 Å². The monoisotopic (exact) mass is 444 g/mol. The van der Waals surface area contributed by atoms with E-state index in [2.05, 4.69) is 15.6 Å². The number of sulfonamides is 1. The molecular weight excluding hydrogens is 412 g/mol. The predicted molar refractivity (Wildman–Crippen MR) is 116 cm³/mol. The number of rotatable bonds is 8. The molecule has 0 aliphatic carbocycles. The van der Waals surface area contributed by atoms with Gasteiger partial charge in [-0.05, 0) is 43.9 Å². The third kappa shape index (κ3) is 7.60. The molecule has 0 spiro atoms. The van der Waals surface area contributed by atoms with Crippen LogP contribution in [0, 0.1) is 0 Å². The number of nitrogens with one attached hydrogen (secondary N) is 2. The quantitative estimate of drug-likeness (QED) is 0.463. The molecule has 1 aliphatic rings. The number of benzene rings is 1. The molecule has 8 nitrogen and oxygen atoms in total. The number of hydrogen-bond donors (Lipinski definition) is 2. The Morgan fingerprint density at radius 2 is 1.86 bits per heavy atom. The van der Waals surface area contributed by atoms with Crippen molar-refractivity contribution in [1.29, 1.82) is 0 Å². The van der Waals surface area contributed by atoms with Gasteiger partial charge < -0.3 is 10.6 Å². The molecule has 0 aromatic heterocycles. The summed E-state index contributed by atoms with van der Waals surface area (Å²) < 4.78 is 49.9. The van der Waals surface area contributed by atoms with Crippen LogP contribution in [0.15, 0.2) is 34.2 Å². The average molecular weight is 445 g/mol. The zero-order valence-electron chi connectivity index (χ0n) is 17.4. The molecular formula is C19H32N4O4S2. The Kier molecular flexibility index (Phi) is 8.47. The normalized spacial score (nSPS) is 17.7. The van der Waals surface area contributed by atoms with Gasteiger partial charge in [-0.2, -0.15) is 4.31 Å². The first kappa shape index (κ1) is 23.6. The second-order valence-electron chi connectivity index (χ2n) is 7.50. The molecule has 1 aliphatic heterocycles. The van der Waals surface area contributed by atoms with E-state index in [1.165, 1.54) is 6.26 Å². The van der Waals surface area contributed by atoms with Crippen LogP contribution in [0.3, 0.4) is 0 Å². The van der Waals surface area contributed by atoms with Gasteiger partial charge in [-0.25, -0.2) is 16.8 Å². The van der Waals surface area contributed by atoms with Crippen molar-refractivity contribution >= 4 is 25.8 Å². The lowest BCUT2D eigenvalue weighted by Crippen LogP contribution is -2.42. The molecule has 1 heterocycles. The molecule has 1 unspecified atom stereocenters. The number of nitrogens with zero attached hydrogens (tertiary/aromatic N) is 2. The maximum Gasteiger partial charge on any atom is 0.243 e. The average Bonchev–Trinajstić information content (AvgIpc) is 2.70. The summed E-state index contributed by atoms with van der Waals surface area (Å²) in [6, 6.07) is 6.87. The molecule has 10 heteroatoms. The summed E-state index contributed by atoms with van der Waals surface area (Å²) in [6.45, 7) is 3.45. The van der Waals surface area contributed by atoms with Crippen LogP contribution in [-0.4, -0.2) is 65.3 Å². The van der Waals surface area contributed by atoms with Crippen LogP contribution in [0.1, 0.15) is 38.2 Å². The third-order valence-electron chi connectivity index (χ3n) is 4.84. The summed E-state index contributed by atoms with van der Waals surface area (Å²) in [6.07, 6.45) is 4.57. The zero-order chi connectivity index (χ0) is 21.5. The summed E-state index contributed by atoms with van der Waals surface area (Å²) in [5.41, 5.74) is 0.829. The Bertz CT molecular complexity index is 908. The van der Waals surface area contributed by atoms with Gasteiger partial charge in [0, 0.05) is 39.0 Å². The van der Waals surface area contributed by atoms with Crippen LogP contribution < -0.4 is 10.6 Å². The van der Waals surface area contributed by atoms with Crippen molar-refractivity contribution in [2.75, 3.05) is 32.1 Å². The summed E-state index contributed by atoms with van der Waals surface area (Å²) in [5, 5.41) is 6.31. The lowest BCUT2D eigenvalue weighted by molar-refractivity contribution is 0.346. The fourth-order valence-electron chi connectivity index (χ4n) is 3.15. The number of hydrogen-bond acceptors (Lipinski definition) is 5. The van der Waals surface area contributed by atoms with Crippen molar-refractivity contribution in [2.45, 2.75) is 50.1 Å². The third-order valence-corrected chi connectivity index (χ3v) is 7.71. The summed E-state index contributed by atoms with van der Waals surface area (Å²) >= 11 is 0. The molecule has 1 aromatic carbocycles. The van der Waals surface area contributed by atoms with Crippen molar-refractivity contribution in [3.63, 3.8) is 0 Å². The van der Waals surface area contributed by atoms with Crippen LogP contribution in [0.2, 0.25) is 0 Å². The molecule has 0 radical (unpaired) electrons. The molecule has 2 rings (SSSR count). The van der Waals surface area contributed by atoms with E-state index >= 15 is 0 Å². The largest absolute Gasteiger partial charge is 0.354 e. The van der Waals surface area contributed by atoms with E-state index in [0.717, 1.165) is 24.8 Å². The number of guanidine groups is 1. The standard InChI is InChI=1S/C19H32N4O4S2/c1-16(10-13-28(3,24)25)22-19(20-2)21-15-17-8-7-9-18(14-17)29(26,27)23-11-5-4-6-12-23/h7-9,14,16H,4-6,10-13,15H2,1-3H3,(H2,20,21,22). The summed E-state index contributed by atoms with van der Waals surface area (Å²) in [4.78, 5) is 4.46. The molecule has 29 heavy (non-hydrogen) atoms. The minimum absolute atomic E-state index is 0.0678. The van der Waals surface area contributed by atoms with E-state index in [9.17, 15) is 16.8 Å². The molecule has 1 aromatic rings. The Hall–Kier alpha value is -1.65. The van der Waals surface area contributed by atoms with Crippen molar-refractivity contribution in [3.05, 3.63) is 29.8 Å². The van der Waals surface area contributed by atoms with Gasteiger partial charge in [-0.15, -0.1) is 0 Å². The molecule has 1 atom stereocenters. The van der Waals surface area contributed by atoms with Crippen LogP contribution in [0.25, 0.3) is 0 Å². The SMILES string of the molecule is CN=C(NCc1cccc(S(=O)(=O)N2CCCCC2)c1)NC(C)CCS(C)(=O)=O. The van der Waals surface area contributed by atoms with E-state index in [4.69, 9.17) is 0 Å². The fourth-order valence-corrected chi connectivity index (χ4v) is 5.52. The highest BCUT2D eigenvalue weighted by atomic mass is 32.2. The van der Waals surface area contributed by atoms with E-state index in [-0.39, 0.29) is 11.8 Å². The van der Waals surface area contributed by atoms with Crippen molar-refractivity contribution in [1.82, 2.24) is 14.9 Å². The van der Waals surface area contributed by atoms with Gasteiger partial charge in [-0.1, -0.05) is 18.6 Å². The highest BCUT2D eigenvalue weighted by Gasteiger charge is 2.25. The number of piperidine rings is 1. The van der Waals surface area contributed by atoms with Gasteiger partial charge in [0.1, 0.15) is 9.84 Å². The first-order valence-electron chi connectivity index (χ1n) is 9.86. The van der Waals surface area contributed by atoms with Crippen molar-refractivity contribution in [3.8, 4) is 0 Å². The van der Waals surface area contributed by atoms with E-state index in [1.54, 1.807) is 29.6 Å². The Morgan fingerprint density at radius 1 is 1.17 bits per heavy atom. The number of sulfone groups is 1. The van der Waals surface area contributed by atoms with Crippen molar-refractivity contribution in [2.24, 2.45) is 4.99 Å². The smallest absolute Gasteiger partial charge is 0.243 e. The predicted octanol–water partition coefficient (Wildman–Crippen LogP) is 1.35. The van der Waals surface area contributed by atoms with Crippen LogP contribution in [0.4, 0.5) is 0 Å². The van der Waals surface area contributed by atoms with Gasteiger partial charge in [0.05, 0.1) is 10.6 Å². The van der Waals surface area contributed by atoms with Gasteiger partial charge in [0.15, 0.2) is 5.96 Å². The molecule has 2 N–H and O–H groups in total. The Balaban J connectivity index is 1.97. The Morgan fingerprint density at radius 3 is 2.48 bits per heavy atom. The van der Waals surface area contributed by atoms with Crippen LogP contribution in [-0.2, 0) is 26.4 Å². The van der Waals surface area contributed by atoms with Gasteiger partial charge in [0.2, 0.25) is 10.0 Å². The molecule has 0 saturated carbocycles. The minimum Gasteiger partial charge on any atom is -0.354 e. The second kappa shape index (κ2) is 10.4. The minimum atomic E-state index is -3.47. The van der Waals surface area contributed by atoms with Crippen molar-refractivity contribution < 1.29 is 16.8 Å². The maximum atomic E-state index is 12.9.